The molecule has 3 nitrogen and oxygen atoms in total. The third-order valence-electron chi connectivity index (χ3n) is 1.88. The highest BCUT2D eigenvalue weighted by Crippen LogP contribution is 2.38. The molecule has 0 aliphatic rings. The van der Waals surface area contributed by atoms with Gasteiger partial charge < -0.3 is 15.6 Å². The fourth-order valence-electron chi connectivity index (χ4n) is 1.16. The van der Waals surface area contributed by atoms with Crippen LogP contribution in [0.4, 0.5) is 4.39 Å². The minimum absolute atomic E-state index is 0. The van der Waals surface area contributed by atoms with Gasteiger partial charge >= 0.3 is 0 Å². The van der Waals surface area contributed by atoms with E-state index in [1.54, 1.807) is 12.1 Å². The molecule has 6 heteroatoms. The molecular formula is C9H12BrClFNO2. The largest absolute Gasteiger partial charge is 0.504 e. The van der Waals surface area contributed by atoms with Crippen molar-refractivity contribution >= 4 is 28.3 Å². The summed E-state index contributed by atoms with van der Waals surface area (Å²) < 4.78 is 17.8. The van der Waals surface area contributed by atoms with Crippen LogP contribution < -0.4 is 10.5 Å². The summed E-state index contributed by atoms with van der Waals surface area (Å²) in [5, 5.41) is 9.67. The maximum Gasteiger partial charge on any atom is 0.163 e. The highest BCUT2D eigenvalue weighted by molar-refractivity contribution is 9.10. The van der Waals surface area contributed by atoms with E-state index in [2.05, 4.69) is 15.9 Å². The van der Waals surface area contributed by atoms with Crippen molar-refractivity contribution in [2.24, 2.45) is 5.73 Å². The second-order valence-corrected chi connectivity index (χ2v) is 3.63. The van der Waals surface area contributed by atoms with Crippen LogP contribution in [0.3, 0.4) is 0 Å². The second-order valence-electron chi connectivity index (χ2n) is 2.77. The number of hydrogen-bond donors (Lipinski definition) is 2. The summed E-state index contributed by atoms with van der Waals surface area (Å²) in [6, 6.07) is 2.39. The highest BCUT2D eigenvalue weighted by atomic mass is 79.9. The maximum absolute atomic E-state index is 12.4. The summed E-state index contributed by atoms with van der Waals surface area (Å²) in [7, 11) is 1.42. The van der Waals surface area contributed by atoms with Gasteiger partial charge in [0.1, 0.15) is 6.67 Å². The maximum atomic E-state index is 12.4. The van der Waals surface area contributed by atoms with Gasteiger partial charge in [-0.1, -0.05) is 15.9 Å². The quantitative estimate of drug-likeness (QED) is 0.902. The average Bonchev–Trinajstić information content (AvgIpc) is 2.18. The summed E-state index contributed by atoms with van der Waals surface area (Å²) in [5.41, 5.74) is 5.82. The van der Waals surface area contributed by atoms with Crippen molar-refractivity contribution in [1.29, 1.82) is 0 Å². The molecule has 0 amide bonds. The zero-order valence-electron chi connectivity index (χ0n) is 8.04. The second kappa shape index (κ2) is 6.15. The number of aromatic hydroxyl groups is 1. The first kappa shape index (κ1) is 14.5. The van der Waals surface area contributed by atoms with Gasteiger partial charge in [-0.3, -0.25) is 0 Å². The molecule has 0 heterocycles. The smallest absolute Gasteiger partial charge is 0.163 e. The zero-order chi connectivity index (χ0) is 10.7. The minimum atomic E-state index is -0.848. The molecule has 0 saturated heterocycles. The van der Waals surface area contributed by atoms with Crippen LogP contribution in [0.25, 0.3) is 0 Å². The topological polar surface area (TPSA) is 55.5 Å². The van der Waals surface area contributed by atoms with Crippen LogP contribution in [-0.2, 0) is 0 Å². The lowest BCUT2D eigenvalue weighted by molar-refractivity contribution is 0.362. The van der Waals surface area contributed by atoms with Gasteiger partial charge in [0, 0.05) is 10.0 Å². The van der Waals surface area contributed by atoms with Gasteiger partial charge in [-0.25, -0.2) is 4.39 Å². The van der Waals surface area contributed by atoms with Gasteiger partial charge in [0.05, 0.1) is 13.2 Å². The lowest BCUT2D eigenvalue weighted by atomic mass is 10.1. The number of phenols is 1. The number of ether oxygens (including phenoxy) is 1. The molecule has 0 spiro atoms. The molecule has 0 saturated carbocycles. The number of hydrogen-bond acceptors (Lipinski definition) is 3. The number of halogens is 3. The van der Waals surface area contributed by atoms with Crippen LogP contribution in [0.5, 0.6) is 11.5 Å². The van der Waals surface area contributed by atoms with E-state index in [1.165, 1.54) is 7.11 Å². The fraction of sp³-hybridized carbons (Fsp3) is 0.333. The van der Waals surface area contributed by atoms with E-state index in [4.69, 9.17) is 10.5 Å². The standard InChI is InChI=1S/C9H11BrFNO2.ClH/c1-14-7-3-2-5(10)8(9(7)13)6(12)4-11;/h2-3,6,13H,4,12H2,1H3;1H/t6-;/m0./s1. The molecule has 0 aromatic heterocycles. The molecule has 1 rings (SSSR count). The van der Waals surface area contributed by atoms with Crippen molar-refractivity contribution in [3.05, 3.63) is 22.2 Å². The minimum Gasteiger partial charge on any atom is -0.504 e. The zero-order valence-corrected chi connectivity index (χ0v) is 10.4. The van der Waals surface area contributed by atoms with E-state index < -0.39 is 12.7 Å². The number of alkyl halides is 1. The Labute approximate surface area is 102 Å². The van der Waals surface area contributed by atoms with E-state index in [0.717, 1.165) is 0 Å². The molecule has 0 radical (unpaired) electrons. The summed E-state index contributed by atoms with van der Waals surface area (Å²) in [4.78, 5) is 0. The molecule has 0 fully saturated rings. The van der Waals surface area contributed by atoms with Crippen molar-refractivity contribution in [3.8, 4) is 11.5 Å². The number of phenolic OH excluding ortho intramolecular Hbond substituents is 1. The Hall–Kier alpha value is -0.520. The Morgan fingerprint density at radius 1 is 1.60 bits per heavy atom. The first-order valence-electron chi connectivity index (χ1n) is 3.98. The lowest BCUT2D eigenvalue weighted by Crippen LogP contribution is -2.13. The molecule has 0 bridgehead atoms. The predicted octanol–water partition coefficient (Wildman–Crippen LogP) is 2.55. The Morgan fingerprint density at radius 2 is 2.20 bits per heavy atom. The SMILES string of the molecule is COc1ccc(Br)c([C@@H](N)CF)c1O.Cl. The van der Waals surface area contributed by atoms with E-state index in [-0.39, 0.29) is 23.9 Å². The van der Waals surface area contributed by atoms with Crippen molar-refractivity contribution in [2.45, 2.75) is 6.04 Å². The summed E-state index contributed by atoms with van der Waals surface area (Å²) in [6.45, 7) is -0.737. The lowest BCUT2D eigenvalue weighted by Gasteiger charge is -2.14. The molecule has 0 aliphatic heterocycles. The van der Waals surface area contributed by atoms with Gasteiger partial charge in [0.2, 0.25) is 0 Å². The van der Waals surface area contributed by atoms with Crippen LogP contribution >= 0.6 is 28.3 Å². The van der Waals surface area contributed by atoms with Crippen LogP contribution in [0.1, 0.15) is 11.6 Å². The third kappa shape index (κ3) is 2.96. The van der Waals surface area contributed by atoms with Crippen LogP contribution in [-0.4, -0.2) is 18.9 Å². The Kier molecular flexibility index (Phi) is 5.93. The predicted molar refractivity (Wildman–Crippen MR) is 62.5 cm³/mol. The number of methoxy groups -OCH3 is 1. The molecular weight excluding hydrogens is 288 g/mol. The molecule has 86 valence electrons. The summed E-state index contributed by atoms with van der Waals surface area (Å²) in [6.07, 6.45) is 0. The molecule has 15 heavy (non-hydrogen) atoms. The first-order chi connectivity index (χ1) is 6.61. The Morgan fingerprint density at radius 3 is 2.67 bits per heavy atom. The van der Waals surface area contributed by atoms with Gasteiger partial charge in [0.25, 0.3) is 0 Å². The monoisotopic (exact) mass is 299 g/mol. The van der Waals surface area contributed by atoms with E-state index in [0.29, 0.717) is 10.0 Å². The van der Waals surface area contributed by atoms with E-state index >= 15 is 0 Å². The van der Waals surface area contributed by atoms with Crippen LogP contribution in [0, 0.1) is 0 Å². The molecule has 1 aromatic rings. The Balaban J connectivity index is 0.00000196. The molecule has 1 aromatic carbocycles. The molecule has 3 N–H and O–H groups in total. The number of rotatable bonds is 3. The van der Waals surface area contributed by atoms with Crippen molar-refractivity contribution in [1.82, 2.24) is 0 Å². The summed E-state index contributed by atoms with van der Waals surface area (Å²) in [5.74, 6) is 0.166. The Bertz CT molecular complexity index is 338. The average molecular weight is 301 g/mol. The normalized spacial score (nSPS) is 11.7. The van der Waals surface area contributed by atoms with Crippen molar-refractivity contribution in [2.75, 3.05) is 13.8 Å². The first-order valence-corrected chi connectivity index (χ1v) is 4.78. The van der Waals surface area contributed by atoms with E-state index in [1.807, 2.05) is 0 Å². The van der Waals surface area contributed by atoms with Gasteiger partial charge in [-0.05, 0) is 12.1 Å². The highest BCUT2D eigenvalue weighted by Gasteiger charge is 2.17. The van der Waals surface area contributed by atoms with Crippen LogP contribution in [0.2, 0.25) is 0 Å². The molecule has 0 aliphatic carbocycles. The number of benzene rings is 1. The fourth-order valence-corrected chi connectivity index (χ4v) is 1.77. The summed E-state index contributed by atoms with van der Waals surface area (Å²) >= 11 is 3.19. The number of nitrogens with two attached hydrogens (primary N) is 1. The molecule has 1 atom stereocenters. The van der Waals surface area contributed by atoms with Crippen molar-refractivity contribution < 1.29 is 14.2 Å². The van der Waals surface area contributed by atoms with Gasteiger partial charge in [-0.2, -0.15) is 0 Å². The van der Waals surface area contributed by atoms with Gasteiger partial charge in [-0.15, -0.1) is 12.4 Å². The van der Waals surface area contributed by atoms with Crippen LogP contribution in [0.15, 0.2) is 16.6 Å². The third-order valence-corrected chi connectivity index (χ3v) is 2.58. The van der Waals surface area contributed by atoms with Crippen molar-refractivity contribution in [3.63, 3.8) is 0 Å². The van der Waals surface area contributed by atoms with Gasteiger partial charge in [0.15, 0.2) is 11.5 Å². The molecule has 0 unspecified atom stereocenters. The van der Waals surface area contributed by atoms with E-state index in [9.17, 15) is 9.50 Å².